The molecule has 0 spiro atoms. The molecular formula is C41H48O7. The standard InChI is InChI=1S/C41H48O7/c1-27(31-14-22-35(23-15-31)45-37(43)47-39(3,4)5)41(9,33-18-10-29(11-19-33)26-30-12-20-34(42)21-13-30)28(2)32-16-24-36(25-17-32)46-38(44)48-40(6,7)8/h10-25,27-28,42H,26H2,1-9H3. The summed E-state index contributed by atoms with van der Waals surface area (Å²) in [6.45, 7) is 17.5. The molecule has 7 heteroatoms. The highest BCUT2D eigenvalue weighted by Gasteiger charge is 2.40. The average Bonchev–Trinajstić information content (AvgIpc) is 3.00. The highest BCUT2D eigenvalue weighted by atomic mass is 16.7. The lowest BCUT2D eigenvalue weighted by atomic mass is 9.61. The van der Waals surface area contributed by atoms with Gasteiger partial charge in [-0.1, -0.05) is 81.4 Å². The Labute approximate surface area is 284 Å². The van der Waals surface area contributed by atoms with E-state index in [1.54, 1.807) is 77.9 Å². The van der Waals surface area contributed by atoms with Gasteiger partial charge in [-0.05, 0) is 124 Å². The van der Waals surface area contributed by atoms with Crippen LogP contribution in [0.15, 0.2) is 97.1 Å². The molecule has 4 rings (SSSR count). The van der Waals surface area contributed by atoms with Gasteiger partial charge in [0.2, 0.25) is 0 Å². The summed E-state index contributed by atoms with van der Waals surface area (Å²) in [5, 5.41) is 9.67. The lowest BCUT2D eigenvalue weighted by Gasteiger charge is -2.42. The molecule has 254 valence electrons. The molecule has 2 atom stereocenters. The molecule has 0 aromatic heterocycles. The average molecular weight is 653 g/mol. The molecule has 4 aromatic carbocycles. The Bertz CT molecular complexity index is 1580. The van der Waals surface area contributed by atoms with Gasteiger partial charge in [0.1, 0.15) is 28.5 Å². The van der Waals surface area contributed by atoms with Crippen LogP contribution in [0.3, 0.4) is 0 Å². The summed E-state index contributed by atoms with van der Waals surface area (Å²) in [7, 11) is 0. The van der Waals surface area contributed by atoms with Gasteiger partial charge in [-0.2, -0.15) is 0 Å². The molecule has 7 nitrogen and oxygen atoms in total. The van der Waals surface area contributed by atoms with Crippen LogP contribution in [0.4, 0.5) is 9.59 Å². The summed E-state index contributed by atoms with van der Waals surface area (Å²) in [5.74, 6) is 1.14. The van der Waals surface area contributed by atoms with Crippen LogP contribution < -0.4 is 9.47 Å². The highest BCUT2D eigenvalue weighted by molar-refractivity contribution is 5.65. The number of hydrogen-bond donors (Lipinski definition) is 1. The van der Waals surface area contributed by atoms with E-state index >= 15 is 0 Å². The van der Waals surface area contributed by atoms with Crippen molar-refractivity contribution in [1.29, 1.82) is 0 Å². The molecule has 0 saturated carbocycles. The first-order chi connectivity index (χ1) is 22.4. The SMILES string of the molecule is CC(c1ccc(OC(=O)OC(C)(C)C)cc1)C(C)(c1ccc(Cc2ccc(O)cc2)cc1)C(C)c1ccc(OC(=O)OC(C)(C)C)cc1. The van der Waals surface area contributed by atoms with Gasteiger partial charge in [0.25, 0.3) is 0 Å². The summed E-state index contributed by atoms with van der Waals surface area (Å²) in [6, 6.07) is 31.2. The van der Waals surface area contributed by atoms with Gasteiger partial charge in [-0.25, -0.2) is 9.59 Å². The van der Waals surface area contributed by atoms with E-state index in [-0.39, 0.29) is 17.6 Å². The van der Waals surface area contributed by atoms with Crippen LogP contribution in [0.2, 0.25) is 0 Å². The molecular weight excluding hydrogens is 604 g/mol. The third-order valence-electron chi connectivity index (χ3n) is 8.66. The van der Waals surface area contributed by atoms with Crippen LogP contribution in [0.25, 0.3) is 0 Å². The van der Waals surface area contributed by atoms with Crippen molar-refractivity contribution in [2.24, 2.45) is 0 Å². The molecule has 0 bridgehead atoms. The van der Waals surface area contributed by atoms with Gasteiger partial charge < -0.3 is 24.1 Å². The number of phenols is 1. The molecule has 4 aromatic rings. The molecule has 0 aliphatic rings. The second kappa shape index (κ2) is 14.5. The zero-order valence-electron chi connectivity index (χ0n) is 29.5. The second-order valence-electron chi connectivity index (χ2n) is 14.5. The lowest BCUT2D eigenvalue weighted by Crippen LogP contribution is -2.35. The third-order valence-corrected chi connectivity index (χ3v) is 8.66. The lowest BCUT2D eigenvalue weighted by molar-refractivity contribution is 0.0193. The minimum Gasteiger partial charge on any atom is -0.508 e. The first-order valence-electron chi connectivity index (χ1n) is 16.3. The summed E-state index contributed by atoms with van der Waals surface area (Å²) in [4.78, 5) is 24.5. The largest absolute Gasteiger partial charge is 0.514 e. The molecule has 0 saturated heterocycles. The van der Waals surface area contributed by atoms with Crippen LogP contribution in [0, 0.1) is 0 Å². The van der Waals surface area contributed by atoms with E-state index in [4.69, 9.17) is 18.9 Å². The van der Waals surface area contributed by atoms with Crippen molar-refractivity contribution in [3.8, 4) is 17.2 Å². The van der Waals surface area contributed by atoms with E-state index in [9.17, 15) is 14.7 Å². The van der Waals surface area contributed by atoms with Gasteiger partial charge in [-0.15, -0.1) is 0 Å². The zero-order chi connectivity index (χ0) is 35.3. The maximum atomic E-state index is 12.2. The number of ether oxygens (including phenoxy) is 4. The van der Waals surface area contributed by atoms with E-state index in [1.807, 2.05) is 36.4 Å². The summed E-state index contributed by atoms with van der Waals surface area (Å²) in [5.41, 5.74) is 3.93. The minimum absolute atomic E-state index is 0.0312. The Kier molecular flexibility index (Phi) is 10.9. The van der Waals surface area contributed by atoms with Gasteiger partial charge >= 0.3 is 12.3 Å². The molecule has 0 aliphatic carbocycles. The van der Waals surface area contributed by atoms with E-state index < -0.39 is 28.9 Å². The first-order valence-corrected chi connectivity index (χ1v) is 16.3. The van der Waals surface area contributed by atoms with E-state index in [2.05, 4.69) is 45.0 Å². The Morgan fingerprint density at radius 3 is 1.27 bits per heavy atom. The maximum Gasteiger partial charge on any atom is 0.514 e. The topological polar surface area (TPSA) is 91.3 Å². The number of phenolic OH excluding ortho intramolecular Hbond substituents is 1. The number of hydrogen-bond acceptors (Lipinski definition) is 7. The minimum atomic E-state index is -0.742. The fourth-order valence-electron chi connectivity index (χ4n) is 5.78. The first kappa shape index (κ1) is 36.1. The molecule has 1 N–H and O–H groups in total. The monoisotopic (exact) mass is 652 g/mol. The Morgan fingerprint density at radius 2 is 0.917 bits per heavy atom. The van der Waals surface area contributed by atoms with Crippen LogP contribution >= 0.6 is 0 Å². The van der Waals surface area contributed by atoms with Crippen molar-refractivity contribution in [1.82, 2.24) is 0 Å². The number of carbonyl (C=O) groups is 2. The Hall–Kier alpha value is -4.78. The number of aromatic hydroxyl groups is 1. The smallest absolute Gasteiger partial charge is 0.508 e. The maximum absolute atomic E-state index is 12.2. The van der Waals surface area contributed by atoms with Crippen molar-refractivity contribution in [3.05, 3.63) is 125 Å². The van der Waals surface area contributed by atoms with Crippen LogP contribution in [-0.4, -0.2) is 28.6 Å². The van der Waals surface area contributed by atoms with Gasteiger partial charge in [0.15, 0.2) is 0 Å². The van der Waals surface area contributed by atoms with Crippen LogP contribution in [0.5, 0.6) is 17.2 Å². The number of benzene rings is 4. The van der Waals surface area contributed by atoms with Gasteiger partial charge in [0, 0.05) is 5.41 Å². The fourth-order valence-corrected chi connectivity index (χ4v) is 5.78. The second-order valence-corrected chi connectivity index (χ2v) is 14.5. The van der Waals surface area contributed by atoms with Crippen molar-refractivity contribution >= 4 is 12.3 Å². The molecule has 0 heterocycles. The Morgan fingerprint density at radius 1 is 0.562 bits per heavy atom. The van der Waals surface area contributed by atoms with E-state index in [0.717, 1.165) is 23.1 Å². The van der Waals surface area contributed by atoms with E-state index in [1.165, 1.54) is 11.1 Å². The Balaban J connectivity index is 1.63. The van der Waals surface area contributed by atoms with Crippen molar-refractivity contribution < 1.29 is 33.6 Å². The van der Waals surface area contributed by atoms with Gasteiger partial charge in [0.05, 0.1) is 0 Å². The molecule has 0 aliphatic heterocycles. The van der Waals surface area contributed by atoms with Crippen molar-refractivity contribution in [2.45, 2.75) is 97.2 Å². The zero-order valence-corrected chi connectivity index (χ0v) is 29.5. The number of rotatable bonds is 9. The van der Waals surface area contributed by atoms with Gasteiger partial charge in [-0.3, -0.25) is 0 Å². The van der Waals surface area contributed by atoms with Crippen LogP contribution in [-0.2, 0) is 21.3 Å². The predicted octanol–water partition coefficient (Wildman–Crippen LogP) is 10.5. The van der Waals surface area contributed by atoms with Crippen molar-refractivity contribution in [3.63, 3.8) is 0 Å². The summed E-state index contributed by atoms with van der Waals surface area (Å²) in [6.07, 6.45) is -0.734. The normalized spacial score (nSPS) is 14.3. The highest BCUT2D eigenvalue weighted by Crippen LogP contribution is 2.49. The predicted molar refractivity (Wildman–Crippen MR) is 188 cm³/mol. The quantitative estimate of drug-likeness (QED) is 0.142. The molecule has 0 radical (unpaired) electrons. The number of carbonyl (C=O) groups excluding carboxylic acids is 2. The summed E-state index contributed by atoms with van der Waals surface area (Å²) < 4.78 is 21.5. The fraction of sp³-hybridized carbons (Fsp3) is 0.366. The van der Waals surface area contributed by atoms with Crippen LogP contribution in [0.1, 0.15) is 102 Å². The molecule has 2 unspecified atom stereocenters. The van der Waals surface area contributed by atoms with Crippen molar-refractivity contribution in [2.75, 3.05) is 0 Å². The molecule has 0 amide bonds. The summed E-state index contributed by atoms with van der Waals surface area (Å²) >= 11 is 0. The molecule has 0 fully saturated rings. The van der Waals surface area contributed by atoms with E-state index in [0.29, 0.717) is 11.5 Å². The molecule has 48 heavy (non-hydrogen) atoms. The third kappa shape index (κ3) is 9.63.